The molecule has 0 spiro atoms. The minimum atomic E-state index is -0.635. The van der Waals surface area contributed by atoms with Gasteiger partial charge in [-0.1, -0.05) is 13.8 Å². The second-order valence-corrected chi connectivity index (χ2v) is 5.86. The van der Waals surface area contributed by atoms with Crippen molar-refractivity contribution in [1.82, 2.24) is 10.2 Å². The molecule has 120 valence electrons. The molecule has 0 bridgehead atoms. The van der Waals surface area contributed by atoms with E-state index in [2.05, 4.69) is 5.32 Å². The normalized spacial score (nSPS) is 15.9. The van der Waals surface area contributed by atoms with Gasteiger partial charge in [0.05, 0.1) is 7.11 Å². The molecule has 0 aromatic carbocycles. The first-order valence-corrected chi connectivity index (χ1v) is 7.59. The average Bonchev–Trinajstić information content (AvgIpc) is 2.96. The number of carbonyl (C=O) groups excluding carboxylic acids is 3. The maximum absolute atomic E-state index is 11.9. The topological polar surface area (TPSA) is 75.7 Å². The Morgan fingerprint density at radius 3 is 2.29 bits per heavy atom. The van der Waals surface area contributed by atoms with Crippen molar-refractivity contribution in [3.05, 3.63) is 0 Å². The summed E-state index contributed by atoms with van der Waals surface area (Å²) >= 11 is 0. The van der Waals surface area contributed by atoms with Crippen molar-refractivity contribution in [2.75, 3.05) is 20.2 Å². The first kappa shape index (κ1) is 17.5. The minimum absolute atomic E-state index is 0.0149. The molecule has 6 heteroatoms. The molecule has 21 heavy (non-hydrogen) atoms. The summed E-state index contributed by atoms with van der Waals surface area (Å²) in [4.78, 5) is 37.2. The quantitative estimate of drug-likeness (QED) is 0.714. The maximum atomic E-state index is 11.9. The SMILES string of the molecule is COC(=O)C(CC(C)C)NC(=O)CCC(=O)N1CCCC1. The smallest absolute Gasteiger partial charge is 0.328 e. The van der Waals surface area contributed by atoms with E-state index in [9.17, 15) is 14.4 Å². The summed E-state index contributed by atoms with van der Waals surface area (Å²) in [6.45, 7) is 5.52. The molecule has 1 aliphatic rings. The molecule has 1 heterocycles. The Balaban J connectivity index is 2.38. The second kappa shape index (κ2) is 8.64. The van der Waals surface area contributed by atoms with Gasteiger partial charge in [-0.3, -0.25) is 9.59 Å². The molecule has 6 nitrogen and oxygen atoms in total. The first-order chi connectivity index (χ1) is 9.93. The average molecular weight is 298 g/mol. The van der Waals surface area contributed by atoms with Crippen molar-refractivity contribution in [2.24, 2.45) is 5.92 Å². The Bertz CT molecular complexity index is 376. The minimum Gasteiger partial charge on any atom is -0.467 e. The number of amides is 2. The van der Waals surface area contributed by atoms with Gasteiger partial charge in [-0.05, 0) is 25.2 Å². The zero-order valence-electron chi connectivity index (χ0n) is 13.2. The Hall–Kier alpha value is -1.59. The van der Waals surface area contributed by atoms with E-state index >= 15 is 0 Å². The van der Waals surface area contributed by atoms with Crippen LogP contribution in [0.25, 0.3) is 0 Å². The van der Waals surface area contributed by atoms with Gasteiger partial charge in [0.1, 0.15) is 6.04 Å². The summed E-state index contributed by atoms with van der Waals surface area (Å²) in [5.74, 6) is -0.441. The van der Waals surface area contributed by atoms with E-state index in [-0.39, 0.29) is 30.6 Å². The molecular formula is C15H26N2O4. The van der Waals surface area contributed by atoms with Crippen LogP contribution in [0.5, 0.6) is 0 Å². The highest BCUT2D eigenvalue weighted by Gasteiger charge is 2.23. The van der Waals surface area contributed by atoms with Crippen LogP contribution in [0.15, 0.2) is 0 Å². The number of nitrogens with zero attached hydrogens (tertiary/aromatic N) is 1. The van der Waals surface area contributed by atoms with Crippen molar-refractivity contribution in [3.63, 3.8) is 0 Å². The van der Waals surface area contributed by atoms with E-state index in [4.69, 9.17) is 4.74 Å². The highest BCUT2D eigenvalue weighted by atomic mass is 16.5. The van der Waals surface area contributed by atoms with Gasteiger partial charge in [0.25, 0.3) is 0 Å². The molecule has 0 radical (unpaired) electrons. The Kier molecular flexibility index (Phi) is 7.19. The number of hydrogen-bond donors (Lipinski definition) is 1. The van der Waals surface area contributed by atoms with Crippen LogP contribution < -0.4 is 5.32 Å². The number of nitrogens with one attached hydrogen (secondary N) is 1. The van der Waals surface area contributed by atoms with E-state index in [0.717, 1.165) is 25.9 Å². The van der Waals surface area contributed by atoms with Crippen LogP contribution in [-0.4, -0.2) is 48.9 Å². The molecule has 1 saturated heterocycles. The third-order valence-electron chi connectivity index (χ3n) is 3.55. The van der Waals surface area contributed by atoms with E-state index in [1.54, 1.807) is 4.90 Å². The maximum Gasteiger partial charge on any atom is 0.328 e. The number of likely N-dealkylation sites (tertiary alicyclic amines) is 1. The highest BCUT2D eigenvalue weighted by Crippen LogP contribution is 2.10. The monoisotopic (exact) mass is 298 g/mol. The van der Waals surface area contributed by atoms with Crippen molar-refractivity contribution in [3.8, 4) is 0 Å². The van der Waals surface area contributed by atoms with Gasteiger partial charge in [0.15, 0.2) is 0 Å². The van der Waals surface area contributed by atoms with Crippen molar-refractivity contribution in [2.45, 2.75) is 52.0 Å². The number of methoxy groups -OCH3 is 1. The Labute approximate surface area is 126 Å². The lowest BCUT2D eigenvalue weighted by atomic mass is 10.0. The van der Waals surface area contributed by atoms with Crippen molar-refractivity contribution in [1.29, 1.82) is 0 Å². The van der Waals surface area contributed by atoms with Gasteiger partial charge in [-0.15, -0.1) is 0 Å². The van der Waals surface area contributed by atoms with Crippen molar-refractivity contribution < 1.29 is 19.1 Å². The predicted octanol–water partition coefficient (Wildman–Crippen LogP) is 1.09. The van der Waals surface area contributed by atoms with Crippen LogP contribution in [0.2, 0.25) is 0 Å². The molecule has 1 aliphatic heterocycles. The lowest BCUT2D eigenvalue weighted by molar-refractivity contribution is -0.145. The summed E-state index contributed by atoms with van der Waals surface area (Å²) < 4.78 is 4.69. The molecule has 2 amide bonds. The van der Waals surface area contributed by atoms with Crippen LogP contribution >= 0.6 is 0 Å². The molecule has 0 aliphatic carbocycles. The number of esters is 1. The summed E-state index contributed by atoms with van der Waals surface area (Å²) in [7, 11) is 1.30. The van der Waals surface area contributed by atoms with Crippen LogP contribution in [0.3, 0.4) is 0 Å². The molecule has 0 aromatic heterocycles. The summed E-state index contributed by atoms with van der Waals surface area (Å²) in [5, 5.41) is 2.66. The van der Waals surface area contributed by atoms with Crippen LogP contribution in [0, 0.1) is 5.92 Å². The van der Waals surface area contributed by atoms with Gasteiger partial charge in [0.2, 0.25) is 11.8 Å². The van der Waals surface area contributed by atoms with Gasteiger partial charge in [-0.2, -0.15) is 0 Å². The molecule has 1 unspecified atom stereocenters. The van der Waals surface area contributed by atoms with Crippen LogP contribution in [0.1, 0.15) is 46.0 Å². The third kappa shape index (κ3) is 6.14. The van der Waals surface area contributed by atoms with Gasteiger partial charge in [0, 0.05) is 25.9 Å². The molecule has 1 N–H and O–H groups in total. The summed E-state index contributed by atoms with van der Waals surface area (Å²) in [6.07, 6.45) is 2.91. The van der Waals surface area contributed by atoms with Gasteiger partial charge >= 0.3 is 5.97 Å². The van der Waals surface area contributed by atoms with E-state index in [1.165, 1.54) is 7.11 Å². The summed E-state index contributed by atoms with van der Waals surface area (Å²) in [6, 6.07) is -0.635. The molecule has 1 atom stereocenters. The van der Waals surface area contributed by atoms with Gasteiger partial charge < -0.3 is 15.0 Å². The summed E-state index contributed by atoms with van der Waals surface area (Å²) in [5.41, 5.74) is 0. The Morgan fingerprint density at radius 2 is 1.76 bits per heavy atom. The first-order valence-electron chi connectivity index (χ1n) is 7.59. The molecular weight excluding hydrogens is 272 g/mol. The molecule has 0 saturated carbocycles. The van der Waals surface area contributed by atoms with E-state index < -0.39 is 12.0 Å². The number of ether oxygens (including phenoxy) is 1. The highest BCUT2D eigenvalue weighted by molar-refractivity contribution is 5.87. The van der Waals surface area contributed by atoms with E-state index in [1.807, 2.05) is 13.8 Å². The fourth-order valence-corrected chi connectivity index (χ4v) is 2.44. The molecule has 0 aromatic rings. The lowest BCUT2D eigenvalue weighted by Crippen LogP contribution is -2.42. The Morgan fingerprint density at radius 1 is 1.14 bits per heavy atom. The van der Waals surface area contributed by atoms with Crippen LogP contribution in [0.4, 0.5) is 0 Å². The molecule has 1 rings (SSSR count). The zero-order chi connectivity index (χ0) is 15.8. The number of carbonyl (C=O) groups is 3. The largest absolute Gasteiger partial charge is 0.467 e. The van der Waals surface area contributed by atoms with Gasteiger partial charge in [-0.25, -0.2) is 4.79 Å². The number of hydrogen-bond acceptors (Lipinski definition) is 4. The van der Waals surface area contributed by atoms with Crippen molar-refractivity contribution >= 4 is 17.8 Å². The lowest BCUT2D eigenvalue weighted by Gasteiger charge is -2.19. The fourth-order valence-electron chi connectivity index (χ4n) is 2.44. The molecule has 1 fully saturated rings. The second-order valence-electron chi connectivity index (χ2n) is 5.86. The predicted molar refractivity (Wildman–Crippen MR) is 78.4 cm³/mol. The number of rotatable bonds is 7. The standard InChI is InChI=1S/C15H26N2O4/c1-11(2)10-12(15(20)21-3)16-13(18)6-7-14(19)17-8-4-5-9-17/h11-12H,4-10H2,1-3H3,(H,16,18). The third-order valence-corrected chi connectivity index (χ3v) is 3.55. The zero-order valence-corrected chi connectivity index (χ0v) is 13.2. The van der Waals surface area contributed by atoms with Crippen LogP contribution in [-0.2, 0) is 19.1 Å². The van der Waals surface area contributed by atoms with E-state index in [0.29, 0.717) is 6.42 Å². The fraction of sp³-hybridized carbons (Fsp3) is 0.800.